The standard InChI is InChI=1S/C53H48N2O15P2S5/c1-40-4-6-43(7-5-40)71(44-8-18-49(19-9-44)73(56,57)58,45-10-20-50(21-11-45)74(59,60)61)38-2-32-54-34-28-41(29-35-54)42-30-36-55(37-31-42)33-3-39-72(46-12-22-51(23-13-46)75(62,63)64,47-14-24-52(25-15-47)76(65,66)67)48-16-26-53(27-17-48)77(68,69)70/h4-31,34-37H,2-3,32-33,38-39H2,1H3,(H-4,56,57,58,59,60,61,62,63,64,65,66,67,68,69,70)/p+4. The number of nitrogens with zero attached hydrogens (tertiary/aromatic N) is 2. The Bertz CT molecular complexity index is 3750. The summed E-state index contributed by atoms with van der Waals surface area (Å²) in [5.74, 6) is 0. The summed E-state index contributed by atoms with van der Waals surface area (Å²) < 4.78 is 174. The molecule has 0 atom stereocenters. The Kier molecular flexibility index (Phi) is 16.7. The van der Waals surface area contributed by atoms with E-state index in [1.807, 2.05) is 89.4 Å². The van der Waals surface area contributed by atoms with Crippen LogP contribution in [-0.2, 0) is 63.7 Å². The molecule has 400 valence electrons. The van der Waals surface area contributed by atoms with Gasteiger partial charge in [0.1, 0.15) is 46.4 Å². The van der Waals surface area contributed by atoms with Crippen LogP contribution in [0, 0.1) is 6.92 Å². The van der Waals surface area contributed by atoms with E-state index in [0.717, 1.165) is 32.6 Å². The van der Waals surface area contributed by atoms with Crippen molar-refractivity contribution in [3.8, 4) is 11.1 Å². The Hall–Kier alpha value is -5.97. The molecule has 0 fully saturated rings. The number of rotatable bonds is 20. The van der Waals surface area contributed by atoms with Crippen molar-refractivity contribution in [3.63, 3.8) is 0 Å². The third-order valence-electron chi connectivity index (χ3n) is 13.3. The third-order valence-corrected chi connectivity index (χ3v) is 26.7. The molecule has 17 nitrogen and oxygen atoms in total. The van der Waals surface area contributed by atoms with Gasteiger partial charge in [-0.3, -0.25) is 22.8 Å². The van der Waals surface area contributed by atoms with Gasteiger partial charge in [-0.15, -0.1) is 0 Å². The van der Waals surface area contributed by atoms with Crippen molar-refractivity contribution in [3.05, 3.63) is 200 Å². The highest BCUT2D eigenvalue weighted by molar-refractivity contribution is 7.96. The van der Waals surface area contributed by atoms with Crippen LogP contribution in [0.2, 0.25) is 0 Å². The average molecular weight is 1180 g/mol. The lowest BCUT2D eigenvalue weighted by Gasteiger charge is -2.28. The van der Waals surface area contributed by atoms with Gasteiger partial charge in [0, 0.05) is 37.1 Å². The quantitative estimate of drug-likeness (QED) is 0.0371. The molecule has 0 aliphatic carbocycles. The molecule has 0 unspecified atom stereocenters. The predicted octanol–water partition coefficient (Wildman–Crippen LogP) is 5.24. The Labute approximate surface area is 449 Å². The summed E-state index contributed by atoms with van der Waals surface area (Å²) in [6, 6.07) is 44.7. The number of hydrogen-bond acceptors (Lipinski definition) is 10. The summed E-state index contributed by atoms with van der Waals surface area (Å²) in [6.45, 7) is 2.99. The van der Waals surface area contributed by atoms with E-state index >= 15 is 0 Å². The zero-order valence-electron chi connectivity index (χ0n) is 40.9. The Morgan fingerprint density at radius 3 is 0.701 bits per heavy atom. The van der Waals surface area contributed by atoms with Crippen LogP contribution in [0.5, 0.6) is 0 Å². The fourth-order valence-electron chi connectivity index (χ4n) is 9.41. The molecule has 0 spiro atoms. The van der Waals surface area contributed by atoms with E-state index in [1.165, 1.54) is 60.7 Å². The van der Waals surface area contributed by atoms with Gasteiger partial charge in [0.2, 0.25) is 0 Å². The summed E-state index contributed by atoms with van der Waals surface area (Å²) in [4.78, 5) is -1.61. The van der Waals surface area contributed by atoms with Crippen molar-refractivity contribution in [2.24, 2.45) is 0 Å². The highest BCUT2D eigenvalue weighted by Gasteiger charge is 2.47. The monoisotopic (exact) mass is 1180 g/mol. The van der Waals surface area contributed by atoms with Gasteiger partial charge < -0.3 is 0 Å². The summed E-state index contributed by atoms with van der Waals surface area (Å²) in [7, 11) is -28.3. The normalized spacial score (nSPS) is 12.9. The van der Waals surface area contributed by atoms with E-state index in [1.54, 1.807) is 60.7 Å². The van der Waals surface area contributed by atoms with E-state index in [4.69, 9.17) is 0 Å². The van der Waals surface area contributed by atoms with E-state index in [0.29, 0.717) is 54.2 Å². The molecule has 5 N–H and O–H groups in total. The van der Waals surface area contributed by atoms with E-state index < -0.39 is 65.1 Å². The zero-order chi connectivity index (χ0) is 55.6. The SMILES string of the molecule is Cc1ccc([P+](CCC[n+]2ccc(-c3cc[n+](CCC[P+](c4ccc(S(=O)(=O)O)cc4)(c4ccc(S(=O)(=O)O)cc4)c4ccc(S(=O)(=O)O)cc4)cc3)cc2)(c2ccc(S(=O)(=O)O)cc2)c2ccc(S(=O)(=O)O)cc2)cc1. The first-order valence-electron chi connectivity index (χ1n) is 23.4. The van der Waals surface area contributed by atoms with Crippen LogP contribution < -0.4 is 41.0 Å². The molecule has 6 aromatic carbocycles. The smallest absolute Gasteiger partial charge is 0.282 e. The molecule has 8 rings (SSSR count). The van der Waals surface area contributed by atoms with Gasteiger partial charge in [0.15, 0.2) is 37.9 Å². The first-order chi connectivity index (χ1) is 36.2. The molecular weight excluding hydrogens is 1130 g/mol. The van der Waals surface area contributed by atoms with Gasteiger partial charge in [-0.2, -0.15) is 42.1 Å². The lowest BCUT2D eigenvalue weighted by atomic mass is 10.1. The predicted molar refractivity (Wildman–Crippen MR) is 295 cm³/mol. The van der Waals surface area contributed by atoms with Crippen molar-refractivity contribution in [1.82, 2.24) is 0 Å². The van der Waals surface area contributed by atoms with Crippen LogP contribution in [0.4, 0.5) is 0 Å². The van der Waals surface area contributed by atoms with Crippen molar-refractivity contribution >= 4 is 96.9 Å². The lowest BCUT2D eigenvalue weighted by Crippen LogP contribution is -2.37. The van der Waals surface area contributed by atoms with Gasteiger partial charge in [0.05, 0.1) is 36.8 Å². The minimum Gasteiger partial charge on any atom is -0.282 e. The molecular formula is C53H52N2O15P2S5+4. The maximum absolute atomic E-state index is 12.1. The molecule has 0 aliphatic rings. The molecule has 0 saturated carbocycles. The number of aryl methyl sites for hydroxylation is 3. The summed E-state index contributed by atoms with van der Waals surface area (Å²) in [5, 5.41) is 4.38. The lowest BCUT2D eigenvalue weighted by molar-refractivity contribution is -0.697. The van der Waals surface area contributed by atoms with Gasteiger partial charge in [-0.05, 0) is 152 Å². The number of hydrogen-bond donors (Lipinski definition) is 5. The first kappa shape index (κ1) is 57.2. The second kappa shape index (κ2) is 22.4. The topological polar surface area (TPSA) is 280 Å². The van der Waals surface area contributed by atoms with Crippen molar-refractivity contribution in [1.29, 1.82) is 0 Å². The molecule has 0 bridgehead atoms. The fraction of sp³-hybridized carbons (Fsp3) is 0.132. The average Bonchev–Trinajstić information content (AvgIpc) is 3.40. The number of benzene rings is 6. The molecule has 24 heteroatoms. The third kappa shape index (κ3) is 13.0. The van der Waals surface area contributed by atoms with Gasteiger partial charge in [0.25, 0.3) is 50.6 Å². The molecule has 8 aromatic rings. The molecule has 0 aliphatic heterocycles. The molecule has 0 saturated heterocycles. The van der Waals surface area contributed by atoms with E-state index in [9.17, 15) is 64.9 Å². The van der Waals surface area contributed by atoms with Crippen LogP contribution in [0.3, 0.4) is 0 Å². The van der Waals surface area contributed by atoms with Crippen LogP contribution in [0.15, 0.2) is 219 Å². The van der Waals surface area contributed by atoms with E-state index in [-0.39, 0.29) is 24.5 Å². The Balaban J connectivity index is 1.04. The van der Waals surface area contributed by atoms with Crippen molar-refractivity contribution in [2.45, 2.75) is 57.3 Å². The van der Waals surface area contributed by atoms with Gasteiger partial charge in [-0.25, -0.2) is 9.13 Å². The molecule has 2 aromatic heterocycles. The summed E-state index contributed by atoms with van der Waals surface area (Å²) in [6.07, 6.45) is 9.82. The Morgan fingerprint density at radius 2 is 0.506 bits per heavy atom. The van der Waals surface area contributed by atoms with Crippen molar-refractivity contribution in [2.75, 3.05) is 12.3 Å². The summed E-state index contributed by atoms with van der Waals surface area (Å²) >= 11 is 0. The van der Waals surface area contributed by atoms with Crippen LogP contribution in [0.1, 0.15) is 18.4 Å². The van der Waals surface area contributed by atoms with Gasteiger partial charge in [-0.1, -0.05) is 17.7 Å². The van der Waals surface area contributed by atoms with Crippen LogP contribution in [0.25, 0.3) is 11.1 Å². The highest BCUT2D eigenvalue weighted by atomic mass is 32.2. The molecule has 77 heavy (non-hydrogen) atoms. The highest BCUT2D eigenvalue weighted by Crippen LogP contribution is 2.57. The summed E-state index contributed by atoms with van der Waals surface area (Å²) in [5.41, 5.74) is 2.85. The van der Waals surface area contributed by atoms with Gasteiger partial charge >= 0.3 is 0 Å². The number of pyridine rings is 2. The maximum atomic E-state index is 12.1. The number of aromatic nitrogens is 2. The fourth-order valence-corrected chi connectivity index (χ4v) is 20.3. The van der Waals surface area contributed by atoms with E-state index in [2.05, 4.69) is 0 Å². The first-order valence-corrected chi connectivity index (χ1v) is 34.6. The maximum Gasteiger partial charge on any atom is 0.294 e. The largest absolute Gasteiger partial charge is 0.294 e. The van der Waals surface area contributed by atoms with Crippen LogP contribution in [-0.4, -0.2) is 77.2 Å². The zero-order valence-corrected chi connectivity index (χ0v) is 46.7. The minimum atomic E-state index is -4.58. The Morgan fingerprint density at radius 1 is 0.312 bits per heavy atom. The molecule has 2 heterocycles. The minimum absolute atomic E-state index is 0.267. The van der Waals surface area contributed by atoms with Crippen molar-refractivity contribution < 1.29 is 74.0 Å². The second-order valence-corrected chi connectivity index (χ2v) is 32.4. The molecule has 0 radical (unpaired) electrons. The second-order valence-electron chi connectivity index (χ2n) is 18.1. The molecule has 0 amide bonds. The van der Waals surface area contributed by atoms with Crippen LogP contribution >= 0.6 is 14.5 Å².